The number of aliphatic hydroxyl groups excluding tert-OH is 1. The van der Waals surface area contributed by atoms with Gasteiger partial charge < -0.3 is 15.6 Å². The second-order valence-electron chi connectivity index (χ2n) is 5.54. The van der Waals surface area contributed by atoms with Gasteiger partial charge in [0, 0.05) is 0 Å². The molecule has 1 amide bonds. The number of carbonyl (C=O) groups is 2. The van der Waals surface area contributed by atoms with Crippen molar-refractivity contribution in [2.75, 3.05) is 6.61 Å². The van der Waals surface area contributed by atoms with E-state index in [1.54, 1.807) is 0 Å². The molecule has 0 radical (unpaired) electrons. The predicted octanol–water partition coefficient (Wildman–Crippen LogP) is 2.69. The van der Waals surface area contributed by atoms with E-state index in [2.05, 4.69) is 6.92 Å². The molecule has 0 aromatic carbocycles. The van der Waals surface area contributed by atoms with Crippen molar-refractivity contribution in [3.8, 4) is 0 Å². The molecule has 0 saturated heterocycles. The first-order chi connectivity index (χ1) is 10.1. The Hall–Kier alpha value is -1.10. The summed E-state index contributed by atoms with van der Waals surface area (Å²) in [6, 6.07) is 0. The fourth-order valence-corrected chi connectivity index (χ4v) is 2.13. The van der Waals surface area contributed by atoms with Crippen molar-refractivity contribution < 1.29 is 19.4 Å². The molecule has 0 aromatic heterocycles. The van der Waals surface area contributed by atoms with Gasteiger partial charge in [0.05, 0.1) is 13.0 Å². The minimum atomic E-state index is -1.43. The van der Waals surface area contributed by atoms with Gasteiger partial charge in [-0.15, -0.1) is 0 Å². The number of amides is 1. The van der Waals surface area contributed by atoms with E-state index >= 15 is 0 Å². The fourth-order valence-electron chi connectivity index (χ4n) is 2.13. The van der Waals surface area contributed by atoms with Crippen molar-refractivity contribution in [3.63, 3.8) is 0 Å². The summed E-state index contributed by atoms with van der Waals surface area (Å²) in [5, 5.41) is 9.27. The topological polar surface area (TPSA) is 89.6 Å². The summed E-state index contributed by atoms with van der Waals surface area (Å²) < 4.78 is 4.88. The van der Waals surface area contributed by atoms with Crippen molar-refractivity contribution in [2.45, 2.75) is 83.7 Å². The van der Waals surface area contributed by atoms with Crippen LogP contribution in [0, 0.1) is 0 Å². The van der Waals surface area contributed by atoms with Gasteiger partial charge >= 0.3 is 5.97 Å². The van der Waals surface area contributed by atoms with E-state index in [9.17, 15) is 14.7 Å². The van der Waals surface area contributed by atoms with Crippen LogP contribution in [0.1, 0.15) is 77.6 Å². The molecule has 0 aromatic rings. The lowest BCUT2D eigenvalue weighted by Gasteiger charge is -2.08. The van der Waals surface area contributed by atoms with Gasteiger partial charge in [-0.3, -0.25) is 4.79 Å². The second-order valence-corrected chi connectivity index (χ2v) is 5.54. The number of aliphatic hydroxyl groups is 1. The average Bonchev–Trinajstić information content (AvgIpc) is 2.43. The van der Waals surface area contributed by atoms with E-state index < -0.39 is 18.0 Å². The van der Waals surface area contributed by atoms with Gasteiger partial charge in [0.1, 0.15) is 0 Å². The first kappa shape index (κ1) is 19.9. The van der Waals surface area contributed by atoms with Crippen LogP contribution in [0.4, 0.5) is 0 Å². The lowest BCUT2D eigenvalue weighted by molar-refractivity contribution is -0.155. The number of unbranched alkanes of at least 4 members (excludes halogenated alkanes) is 9. The standard InChI is InChI=1S/C16H31NO4/c1-2-3-4-5-6-7-8-9-10-11-12-21-16(20)14(18)13-15(17)19/h14,18H,2-13H2,1H3,(H2,17,19). The third kappa shape index (κ3) is 13.6. The molecule has 0 heterocycles. The molecule has 0 aliphatic carbocycles. The van der Waals surface area contributed by atoms with Gasteiger partial charge in [0.25, 0.3) is 0 Å². The van der Waals surface area contributed by atoms with Crippen LogP contribution in [0.5, 0.6) is 0 Å². The monoisotopic (exact) mass is 301 g/mol. The van der Waals surface area contributed by atoms with Crippen LogP contribution in [0.3, 0.4) is 0 Å². The first-order valence-electron chi connectivity index (χ1n) is 8.21. The molecule has 0 spiro atoms. The summed E-state index contributed by atoms with van der Waals surface area (Å²) in [7, 11) is 0. The minimum Gasteiger partial charge on any atom is -0.464 e. The fraction of sp³-hybridized carbons (Fsp3) is 0.875. The first-order valence-corrected chi connectivity index (χ1v) is 8.21. The van der Waals surface area contributed by atoms with Crippen molar-refractivity contribution in [2.24, 2.45) is 5.73 Å². The molecule has 0 aliphatic rings. The zero-order chi connectivity index (χ0) is 15.9. The molecule has 0 bridgehead atoms. The summed E-state index contributed by atoms with van der Waals surface area (Å²) in [4.78, 5) is 21.8. The minimum absolute atomic E-state index is 0.297. The van der Waals surface area contributed by atoms with Gasteiger partial charge in [-0.2, -0.15) is 0 Å². The molecular formula is C16H31NO4. The molecule has 1 atom stereocenters. The molecular weight excluding hydrogens is 270 g/mol. The van der Waals surface area contributed by atoms with Crippen molar-refractivity contribution in [3.05, 3.63) is 0 Å². The van der Waals surface area contributed by atoms with E-state index in [1.165, 1.54) is 44.9 Å². The molecule has 5 heteroatoms. The third-order valence-corrected chi connectivity index (χ3v) is 3.41. The van der Waals surface area contributed by atoms with E-state index in [0.717, 1.165) is 19.3 Å². The zero-order valence-electron chi connectivity index (χ0n) is 13.3. The number of hydrogen-bond donors (Lipinski definition) is 2. The van der Waals surface area contributed by atoms with Gasteiger partial charge in [-0.25, -0.2) is 4.79 Å². The summed E-state index contributed by atoms with van der Waals surface area (Å²) >= 11 is 0. The predicted molar refractivity (Wildman–Crippen MR) is 82.6 cm³/mol. The van der Waals surface area contributed by atoms with Crippen LogP contribution < -0.4 is 5.73 Å². The molecule has 0 aliphatic heterocycles. The second kappa shape index (κ2) is 13.9. The average molecular weight is 301 g/mol. The van der Waals surface area contributed by atoms with Gasteiger partial charge in [0.15, 0.2) is 6.10 Å². The van der Waals surface area contributed by atoms with Crippen LogP contribution in [0.2, 0.25) is 0 Å². The summed E-state index contributed by atoms with van der Waals surface area (Å²) in [6.07, 6.45) is 10.3. The summed E-state index contributed by atoms with van der Waals surface area (Å²) in [5.41, 5.74) is 4.89. The summed E-state index contributed by atoms with van der Waals surface area (Å²) in [5.74, 6) is -1.47. The number of esters is 1. The van der Waals surface area contributed by atoms with Gasteiger partial charge in [-0.05, 0) is 6.42 Å². The molecule has 3 N–H and O–H groups in total. The number of carbonyl (C=O) groups excluding carboxylic acids is 2. The van der Waals surface area contributed by atoms with Crippen LogP contribution in [0.25, 0.3) is 0 Å². The van der Waals surface area contributed by atoms with Crippen molar-refractivity contribution in [1.29, 1.82) is 0 Å². The Labute approximate surface area is 128 Å². The Morgan fingerprint density at radius 1 is 0.952 bits per heavy atom. The van der Waals surface area contributed by atoms with Crippen molar-refractivity contribution >= 4 is 11.9 Å². The largest absolute Gasteiger partial charge is 0.464 e. The number of hydrogen-bond acceptors (Lipinski definition) is 4. The van der Waals surface area contributed by atoms with Gasteiger partial charge in [0.2, 0.25) is 5.91 Å². The number of ether oxygens (including phenoxy) is 1. The van der Waals surface area contributed by atoms with E-state index in [4.69, 9.17) is 10.5 Å². The molecule has 0 fully saturated rings. The maximum absolute atomic E-state index is 11.3. The quantitative estimate of drug-likeness (QED) is 0.381. The zero-order valence-corrected chi connectivity index (χ0v) is 13.3. The van der Waals surface area contributed by atoms with Crippen LogP contribution >= 0.6 is 0 Å². The molecule has 0 rings (SSSR count). The Morgan fingerprint density at radius 3 is 1.90 bits per heavy atom. The number of primary amides is 1. The lowest BCUT2D eigenvalue weighted by atomic mass is 10.1. The highest BCUT2D eigenvalue weighted by molar-refractivity contribution is 5.83. The van der Waals surface area contributed by atoms with Gasteiger partial charge in [-0.1, -0.05) is 64.7 Å². The maximum atomic E-state index is 11.3. The molecule has 1 unspecified atom stereocenters. The highest BCUT2D eigenvalue weighted by atomic mass is 16.5. The highest BCUT2D eigenvalue weighted by Gasteiger charge is 2.18. The Kier molecular flexibility index (Phi) is 13.1. The highest BCUT2D eigenvalue weighted by Crippen LogP contribution is 2.10. The van der Waals surface area contributed by atoms with Crippen molar-refractivity contribution in [1.82, 2.24) is 0 Å². The number of rotatable bonds is 14. The third-order valence-electron chi connectivity index (χ3n) is 3.41. The molecule has 21 heavy (non-hydrogen) atoms. The molecule has 124 valence electrons. The normalized spacial score (nSPS) is 12.1. The number of nitrogens with two attached hydrogens (primary N) is 1. The lowest BCUT2D eigenvalue weighted by Crippen LogP contribution is -2.29. The smallest absolute Gasteiger partial charge is 0.335 e. The Morgan fingerprint density at radius 2 is 1.43 bits per heavy atom. The van der Waals surface area contributed by atoms with E-state index in [0.29, 0.717) is 6.61 Å². The Bertz CT molecular complexity index is 281. The van der Waals surface area contributed by atoms with Crippen LogP contribution in [-0.2, 0) is 14.3 Å². The van der Waals surface area contributed by atoms with Crippen LogP contribution in [-0.4, -0.2) is 29.7 Å². The Balaban J connectivity index is 3.28. The van der Waals surface area contributed by atoms with Crippen LogP contribution in [0.15, 0.2) is 0 Å². The maximum Gasteiger partial charge on any atom is 0.335 e. The summed E-state index contributed by atoms with van der Waals surface area (Å²) in [6.45, 7) is 2.52. The molecule has 0 saturated carbocycles. The van der Waals surface area contributed by atoms with E-state index in [1.807, 2.05) is 0 Å². The SMILES string of the molecule is CCCCCCCCCCCCOC(=O)C(O)CC(N)=O. The van der Waals surface area contributed by atoms with E-state index in [-0.39, 0.29) is 6.42 Å². The molecule has 5 nitrogen and oxygen atoms in total.